The van der Waals surface area contributed by atoms with Gasteiger partial charge in [0.15, 0.2) is 0 Å². The molecule has 0 atom stereocenters. The molecule has 0 saturated carbocycles. The van der Waals surface area contributed by atoms with Crippen molar-refractivity contribution in [2.45, 2.75) is 6.92 Å². The summed E-state index contributed by atoms with van der Waals surface area (Å²) in [5, 5.41) is 10.2. The third-order valence-electron chi connectivity index (χ3n) is 2.13. The lowest BCUT2D eigenvalue weighted by atomic mass is 10.6. The average Bonchev–Trinajstić information content (AvgIpc) is 2.27. The summed E-state index contributed by atoms with van der Waals surface area (Å²) in [5.41, 5.74) is 5.43. The number of aromatic nitrogens is 5. The Kier molecular flexibility index (Phi) is 2.02. The molecule has 3 rings (SSSR count). The molecular weight excluding hydrogens is 236 g/mol. The van der Waals surface area contributed by atoms with Crippen molar-refractivity contribution in [3.05, 3.63) is 5.62 Å². The molecule has 0 radical (unpaired) electrons. The molecular formula is C8H8N10. The normalized spacial score (nSPS) is 13.7. The van der Waals surface area contributed by atoms with Crippen molar-refractivity contribution in [2.75, 3.05) is 5.32 Å². The van der Waals surface area contributed by atoms with E-state index in [0.29, 0.717) is 5.95 Å². The van der Waals surface area contributed by atoms with Gasteiger partial charge in [-0.1, -0.05) is 0 Å². The number of hydrogen-bond acceptors (Lipinski definition) is 9. The molecule has 0 amide bonds. The minimum absolute atomic E-state index is 0.138. The Morgan fingerprint density at radius 2 is 2.17 bits per heavy atom. The first-order valence-corrected chi connectivity index (χ1v) is 5.00. The summed E-state index contributed by atoms with van der Waals surface area (Å²) in [4.78, 5) is 23.9. The summed E-state index contributed by atoms with van der Waals surface area (Å²) in [6.45, 7) is 1.74. The predicted octanol–water partition coefficient (Wildman–Crippen LogP) is -0.907. The van der Waals surface area contributed by atoms with E-state index in [1.165, 1.54) is 4.40 Å². The van der Waals surface area contributed by atoms with Crippen molar-refractivity contribution in [1.29, 1.82) is 5.41 Å². The van der Waals surface area contributed by atoms with Gasteiger partial charge < -0.3 is 5.73 Å². The fourth-order valence-corrected chi connectivity index (χ4v) is 1.51. The zero-order valence-electron chi connectivity index (χ0n) is 9.29. The first-order valence-electron chi connectivity index (χ1n) is 5.00. The van der Waals surface area contributed by atoms with Gasteiger partial charge >= 0.3 is 0 Å². The molecule has 3 heterocycles. The Labute approximate surface area is 99.9 Å². The molecule has 1 aliphatic rings. The lowest BCUT2D eigenvalue weighted by Crippen LogP contribution is -2.30. The number of aliphatic imine (C=N–C) groups is 2. The van der Waals surface area contributed by atoms with Crippen LogP contribution in [0.4, 0.5) is 17.8 Å². The molecule has 90 valence electrons. The topological polar surface area (TPSA) is 143 Å². The Morgan fingerprint density at radius 1 is 1.33 bits per heavy atom. The van der Waals surface area contributed by atoms with Gasteiger partial charge in [0, 0.05) is 6.21 Å². The molecule has 1 aliphatic heterocycles. The number of nitrogens with one attached hydrogen (secondary N) is 2. The maximum absolute atomic E-state index is 7.50. The molecule has 0 aromatic carbocycles. The van der Waals surface area contributed by atoms with E-state index in [9.17, 15) is 0 Å². The van der Waals surface area contributed by atoms with E-state index in [-0.39, 0.29) is 29.3 Å². The van der Waals surface area contributed by atoms with Crippen molar-refractivity contribution in [3.63, 3.8) is 0 Å². The summed E-state index contributed by atoms with van der Waals surface area (Å²) in [7, 11) is 0. The predicted molar refractivity (Wildman–Crippen MR) is 63.2 cm³/mol. The highest BCUT2D eigenvalue weighted by Crippen LogP contribution is 2.20. The zero-order valence-corrected chi connectivity index (χ0v) is 9.29. The van der Waals surface area contributed by atoms with Gasteiger partial charge in [-0.25, -0.2) is 9.39 Å². The smallest absolute Gasteiger partial charge is 0.255 e. The SMILES string of the molecule is CC=Nc1nc2n3c(nc(=N)nc3n1)NC(N)=N2. The number of nitrogens with two attached hydrogens (primary N) is 1. The van der Waals surface area contributed by atoms with Crippen molar-refractivity contribution < 1.29 is 0 Å². The highest BCUT2D eigenvalue weighted by Gasteiger charge is 2.17. The molecule has 2 aromatic rings. The fourth-order valence-electron chi connectivity index (χ4n) is 1.51. The summed E-state index contributed by atoms with van der Waals surface area (Å²) >= 11 is 0. The standard InChI is InChI=1S/C8H8N10/c1-2-11-5-16-7-14-3(9)12-6-13-4(10)15-8(17-5)18(6)7/h2H,1H3,(H4,9,10,12,13,14,15,16,17). The van der Waals surface area contributed by atoms with Crippen molar-refractivity contribution >= 4 is 35.8 Å². The van der Waals surface area contributed by atoms with E-state index >= 15 is 0 Å². The molecule has 0 spiro atoms. The van der Waals surface area contributed by atoms with Crippen LogP contribution < -0.4 is 16.7 Å². The van der Waals surface area contributed by atoms with Crippen molar-refractivity contribution in [1.82, 2.24) is 24.3 Å². The second-order valence-corrected chi connectivity index (χ2v) is 3.34. The van der Waals surface area contributed by atoms with Gasteiger partial charge in [0.25, 0.3) is 5.95 Å². The monoisotopic (exact) mass is 244 g/mol. The van der Waals surface area contributed by atoms with E-state index in [0.717, 1.165) is 0 Å². The second-order valence-electron chi connectivity index (χ2n) is 3.34. The van der Waals surface area contributed by atoms with Crippen LogP contribution in [0.3, 0.4) is 0 Å². The highest BCUT2D eigenvalue weighted by atomic mass is 15.4. The van der Waals surface area contributed by atoms with Crippen LogP contribution in [0.25, 0.3) is 5.78 Å². The zero-order chi connectivity index (χ0) is 12.7. The minimum Gasteiger partial charge on any atom is -0.369 e. The van der Waals surface area contributed by atoms with Crippen molar-refractivity contribution in [2.24, 2.45) is 15.7 Å². The third kappa shape index (κ3) is 1.47. The van der Waals surface area contributed by atoms with Gasteiger partial charge in [-0.05, 0) is 6.92 Å². The maximum Gasteiger partial charge on any atom is 0.255 e. The van der Waals surface area contributed by atoms with Crippen LogP contribution >= 0.6 is 0 Å². The summed E-state index contributed by atoms with van der Waals surface area (Å²) in [5.74, 6) is 1.15. The molecule has 10 heteroatoms. The Hall–Kier alpha value is -2.91. The molecule has 10 nitrogen and oxygen atoms in total. The van der Waals surface area contributed by atoms with Gasteiger partial charge in [0.1, 0.15) is 0 Å². The van der Waals surface area contributed by atoms with Gasteiger partial charge in [-0.2, -0.15) is 24.9 Å². The number of hydrogen-bond donors (Lipinski definition) is 3. The molecule has 0 saturated heterocycles. The average molecular weight is 244 g/mol. The second kappa shape index (κ2) is 3.55. The van der Waals surface area contributed by atoms with Crippen LogP contribution in [0.5, 0.6) is 0 Å². The van der Waals surface area contributed by atoms with E-state index in [1.54, 1.807) is 13.1 Å². The Balaban J connectivity index is 2.44. The van der Waals surface area contributed by atoms with Crippen LogP contribution in [0, 0.1) is 5.41 Å². The molecule has 0 fully saturated rings. The van der Waals surface area contributed by atoms with Crippen LogP contribution in [0.15, 0.2) is 9.98 Å². The molecule has 0 aliphatic carbocycles. The summed E-state index contributed by atoms with van der Waals surface area (Å²) in [6, 6.07) is 0. The summed E-state index contributed by atoms with van der Waals surface area (Å²) in [6.07, 6.45) is 1.55. The van der Waals surface area contributed by atoms with E-state index in [1.807, 2.05) is 0 Å². The highest BCUT2D eigenvalue weighted by molar-refractivity contribution is 5.94. The van der Waals surface area contributed by atoms with Crippen LogP contribution in [0.2, 0.25) is 0 Å². The molecule has 18 heavy (non-hydrogen) atoms. The van der Waals surface area contributed by atoms with Gasteiger partial charge in [0.2, 0.25) is 29.3 Å². The minimum atomic E-state index is -0.178. The van der Waals surface area contributed by atoms with E-state index < -0.39 is 0 Å². The number of anilines is 1. The summed E-state index contributed by atoms with van der Waals surface area (Å²) < 4.78 is 1.46. The third-order valence-corrected chi connectivity index (χ3v) is 2.13. The molecule has 4 N–H and O–H groups in total. The Bertz CT molecular complexity index is 754. The first-order chi connectivity index (χ1) is 8.67. The number of guanidine groups is 1. The quantitative estimate of drug-likeness (QED) is 0.554. The van der Waals surface area contributed by atoms with E-state index in [4.69, 9.17) is 11.1 Å². The molecule has 0 bridgehead atoms. The Morgan fingerprint density at radius 3 is 2.94 bits per heavy atom. The van der Waals surface area contributed by atoms with E-state index in [2.05, 4.69) is 35.2 Å². The van der Waals surface area contributed by atoms with Crippen LogP contribution in [-0.4, -0.2) is 36.5 Å². The number of rotatable bonds is 1. The van der Waals surface area contributed by atoms with Gasteiger partial charge in [0.05, 0.1) is 0 Å². The lowest BCUT2D eigenvalue weighted by molar-refractivity contribution is 0.862. The fraction of sp³-hybridized carbons (Fsp3) is 0.125. The van der Waals surface area contributed by atoms with Gasteiger partial charge in [-0.15, -0.1) is 0 Å². The molecule has 0 unspecified atom stereocenters. The lowest BCUT2D eigenvalue weighted by Gasteiger charge is -2.14. The largest absolute Gasteiger partial charge is 0.369 e. The van der Waals surface area contributed by atoms with Crippen LogP contribution in [0.1, 0.15) is 6.92 Å². The van der Waals surface area contributed by atoms with Gasteiger partial charge in [-0.3, -0.25) is 10.7 Å². The van der Waals surface area contributed by atoms with Crippen LogP contribution in [-0.2, 0) is 0 Å². The maximum atomic E-state index is 7.50. The first kappa shape index (κ1) is 10.3. The number of nitrogens with zero attached hydrogens (tertiary/aromatic N) is 7. The van der Waals surface area contributed by atoms with Crippen molar-refractivity contribution in [3.8, 4) is 0 Å². The molecule has 2 aromatic heterocycles.